The monoisotopic (exact) mass is 541 g/mol. The van der Waals surface area contributed by atoms with Crippen LogP contribution in [0.1, 0.15) is 92.7 Å². The number of unbranched alkanes of at least 4 members (excludes halogenated alkanes) is 1. The highest BCUT2D eigenvalue weighted by Crippen LogP contribution is 2.28. The van der Waals surface area contributed by atoms with Gasteiger partial charge < -0.3 is 19.8 Å². The van der Waals surface area contributed by atoms with Gasteiger partial charge in [0.15, 0.2) is 0 Å². The Balaban J connectivity index is 0.000000317. The summed E-state index contributed by atoms with van der Waals surface area (Å²) in [5.74, 6) is 1.28. The molecular weight excluding hydrogens is 494 g/mol. The van der Waals surface area contributed by atoms with Crippen LogP contribution >= 0.6 is 0 Å². The molecule has 1 unspecified atom stereocenters. The van der Waals surface area contributed by atoms with Gasteiger partial charge in [0.2, 0.25) is 5.95 Å². The van der Waals surface area contributed by atoms with Gasteiger partial charge in [0.1, 0.15) is 28.9 Å². The molecule has 3 aromatic rings. The highest BCUT2D eigenvalue weighted by molar-refractivity contribution is 5.78. The Labute approximate surface area is 232 Å². The molecule has 1 aliphatic rings. The van der Waals surface area contributed by atoms with E-state index in [2.05, 4.69) is 60.0 Å². The number of carbonyl (C=O) groups is 1. The minimum Gasteiger partial charge on any atom is -0.381 e. The van der Waals surface area contributed by atoms with Crippen LogP contribution in [0.3, 0.4) is 0 Å². The summed E-state index contributed by atoms with van der Waals surface area (Å²) in [4.78, 5) is 32.1. The zero-order chi connectivity index (χ0) is 29.4. The van der Waals surface area contributed by atoms with E-state index in [0.29, 0.717) is 22.4 Å². The van der Waals surface area contributed by atoms with Crippen molar-refractivity contribution in [1.29, 1.82) is 5.26 Å². The lowest BCUT2D eigenvalue weighted by atomic mass is 9.83. The molecule has 39 heavy (non-hydrogen) atoms. The molecule has 10 nitrogen and oxygen atoms in total. The van der Waals surface area contributed by atoms with Gasteiger partial charge in [-0.3, -0.25) is 14.6 Å². The van der Waals surface area contributed by atoms with Crippen LogP contribution in [-0.2, 0) is 16.6 Å². The molecule has 1 atom stereocenters. The number of nitrogens with one attached hydrogen (secondary N) is 3. The number of hydrogen-bond donors (Lipinski definition) is 3. The second-order valence-electron chi connectivity index (χ2n) is 10.9. The van der Waals surface area contributed by atoms with Crippen molar-refractivity contribution >= 4 is 28.5 Å². The number of Topliss-reactive ketones (excluding diaryl/α,β-unsaturated/α-hetero) is 1. The Morgan fingerprint density at radius 1 is 1.28 bits per heavy atom. The third-order valence-corrected chi connectivity index (χ3v) is 5.87. The number of H-pyrrole nitrogens is 2. The highest BCUT2D eigenvalue weighted by Gasteiger charge is 2.14. The maximum atomic E-state index is 11.5. The van der Waals surface area contributed by atoms with Gasteiger partial charge >= 0.3 is 0 Å². The van der Waals surface area contributed by atoms with Crippen molar-refractivity contribution in [2.45, 2.75) is 87.0 Å². The molecule has 3 aromatic heterocycles. The number of carbonyl (C=O) groups excluding carboxylic acids is 1. The summed E-state index contributed by atoms with van der Waals surface area (Å²) in [6.07, 6.45) is 11.3. The first-order valence-electron chi connectivity index (χ1n) is 13.7. The van der Waals surface area contributed by atoms with Gasteiger partial charge in [-0.1, -0.05) is 53.9 Å². The number of nitriles is 1. The average Bonchev–Trinajstić information content (AvgIpc) is 3.58. The summed E-state index contributed by atoms with van der Waals surface area (Å²) in [6.45, 7) is 16.5. The minimum atomic E-state index is -0.254. The number of ketones is 1. The van der Waals surface area contributed by atoms with Crippen LogP contribution in [0, 0.1) is 22.7 Å². The number of fused-ring (bicyclic) bond motifs is 1. The Morgan fingerprint density at radius 2 is 1.97 bits per heavy atom. The fourth-order valence-corrected chi connectivity index (χ4v) is 3.86. The Kier molecular flexibility index (Phi) is 14.8. The first-order valence-corrected chi connectivity index (χ1v) is 13.7. The summed E-state index contributed by atoms with van der Waals surface area (Å²) in [5, 5.41) is 14.9. The first kappa shape index (κ1) is 33.6. The third-order valence-electron chi connectivity index (χ3n) is 5.87. The molecule has 216 valence electrons. The van der Waals surface area contributed by atoms with E-state index < -0.39 is 0 Å². The maximum absolute atomic E-state index is 11.5. The Hall–Kier alpha value is -3.45. The van der Waals surface area contributed by atoms with Crippen LogP contribution in [-0.4, -0.2) is 43.7 Å². The van der Waals surface area contributed by atoms with E-state index in [0.717, 1.165) is 24.5 Å². The zero-order valence-electron chi connectivity index (χ0n) is 25.0. The molecule has 1 saturated heterocycles. The van der Waals surface area contributed by atoms with E-state index in [-0.39, 0.29) is 17.3 Å². The molecule has 1 aliphatic heterocycles. The van der Waals surface area contributed by atoms with Crippen molar-refractivity contribution in [2.75, 3.05) is 18.5 Å². The molecule has 0 amide bonds. The van der Waals surface area contributed by atoms with E-state index in [1.807, 2.05) is 6.07 Å². The van der Waals surface area contributed by atoms with Gasteiger partial charge in [0.25, 0.3) is 5.56 Å². The van der Waals surface area contributed by atoms with Gasteiger partial charge in [-0.15, -0.1) is 0 Å². The van der Waals surface area contributed by atoms with Crippen molar-refractivity contribution in [3.8, 4) is 6.07 Å². The molecule has 0 bridgehead atoms. The van der Waals surface area contributed by atoms with Crippen LogP contribution < -0.4 is 10.9 Å². The number of ether oxygens (including phenoxy) is 1. The quantitative estimate of drug-likeness (QED) is 0.321. The zero-order valence-corrected chi connectivity index (χ0v) is 25.0. The third kappa shape index (κ3) is 13.8. The number of anilines is 2. The summed E-state index contributed by atoms with van der Waals surface area (Å²) in [6, 6.07) is 3.66. The second-order valence-corrected chi connectivity index (χ2v) is 10.9. The summed E-state index contributed by atoms with van der Waals surface area (Å²) in [5.41, 5.74) is 1.66. The fraction of sp³-hybridized carbons (Fsp3) is 0.621. The highest BCUT2D eigenvalue weighted by atomic mass is 16.5. The van der Waals surface area contributed by atoms with Gasteiger partial charge in [-0.05, 0) is 50.5 Å². The number of aryl methyl sites for hydroxylation is 1. The topological polar surface area (TPSA) is 141 Å². The molecule has 10 heteroatoms. The first-order chi connectivity index (χ1) is 18.4. The normalized spacial score (nSPS) is 14.2. The molecule has 0 radical (unpaired) electrons. The number of hydrogen-bond acceptors (Lipinski definition) is 7. The van der Waals surface area contributed by atoms with E-state index in [9.17, 15) is 9.59 Å². The van der Waals surface area contributed by atoms with Crippen molar-refractivity contribution in [3.05, 3.63) is 34.5 Å². The lowest BCUT2D eigenvalue weighted by molar-refractivity contribution is -0.115. The van der Waals surface area contributed by atoms with Crippen LogP contribution in [0.2, 0.25) is 0 Å². The number of nitrogens with zero attached hydrogens (tertiary/aromatic N) is 4. The molecule has 1 fully saturated rings. The van der Waals surface area contributed by atoms with Gasteiger partial charge in [-0.25, -0.2) is 4.98 Å². The van der Waals surface area contributed by atoms with Crippen LogP contribution in [0.5, 0.6) is 0 Å². The summed E-state index contributed by atoms with van der Waals surface area (Å²) < 4.78 is 6.59. The van der Waals surface area contributed by atoms with Crippen molar-refractivity contribution < 1.29 is 9.53 Å². The average molecular weight is 542 g/mol. The van der Waals surface area contributed by atoms with Crippen LogP contribution in [0.15, 0.2) is 23.3 Å². The molecule has 0 aromatic carbocycles. The van der Waals surface area contributed by atoms with Crippen molar-refractivity contribution in [1.82, 2.24) is 24.7 Å². The number of aromatic amines is 2. The molecule has 4 rings (SSSR count). The number of rotatable bonds is 7. The lowest BCUT2D eigenvalue weighted by Gasteiger charge is -2.23. The molecular formula is C29H47N7O3. The molecule has 4 heterocycles. The summed E-state index contributed by atoms with van der Waals surface area (Å²) >= 11 is 0. The van der Waals surface area contributed by atoms with Crippen molar-refractivity contribution in [2.24, 2.45) is 18.4 Å². The van der Waals surface area contributed by atoms with E-state index in [1.54, 1.807) is 25.5 Å². The maximum Gasteiger partial charge on any atom is 0.287 e. The van der Waals surface area contributed by atoms with E-state index in [1.165, 1.54) is 57.1 Å². The van der Waals surface area contributed by atoms with Crippen LogP contribution in [0.4, 0.5) is 11.6 Å². The standard InChI is InChI=1S/C11H9N7O.C10H22.C5H10O.C3H6O/c1-18-5-8(10(19)17-18)15-11-13-4-6-2-7(3-12)14-9(6)16-11;1-5-7-9-10(3,4)8-6-2;1-5-2-3-6-4-5;1-3(2)4/h2,4-5H,1H3,(H,17,19)(H2,13,14,15,16);5-9H2,1-4H3;5H,2-4H2,1H3;1-2H3. The second kappa shape index (κ2) is 17.2. The smallest absolute Gasteiger partial charge is 0.287 e. The Bertz CT molecular complexity index is 1220. The predicted octanol–water partition coefficient (Wildman–Crippen LogP) is 6.24. The Morgan fingerprint density at radius 3 is 2.44 bits per heavy atom. The van der Waals surface area contributed by atoms with Gasteiger partial charge in [0.05, 0.1) is 6.20 Å². The molecule has 3 N–H and O–H groups in total. The summed E-state index contributed by atoms with van der Waals surface area (Å²) in [7, 11) is 1.71. The fourth-order valence-electron chi connectivity index (χ4n) is 3.86. The molecule has 0 saturated carbocycles. The van der Waals surface area contributed by atoms with Crippen LogP contribution in [0.25, 0.3) is 11.0 Å². The van der Waals surface area contributed by atoms with E-state index in [4.69, 9.17) is 10.00 Å². The SMILES string of the molecule is CC(C)=O.CC1CCOC1.CCCCC(C)(C)CCC.Cn1cc(Nc2ncc3cc(C#N)[nH]c3n2)c(=O)[nH]1. The molecule has 0 spiro atoms. The van der Waals surface area contributed by atoms with Gasteiger partial charge in [0, 0.05) is 31.8 Å². The van der Waals surface area contributed by atoms with Gasteiger partial charge in [-0.2, -0.15) is 10.2 Å². The van der Waals surface area contributed by atoms with E-state index >= 15 is 0 Å². The van der Waals surface area contributed by atoms with Crippen molar-refractivity contribution in [3.63, 3.8) is 0 Å². The molecule has 0 aliphatic carbocycles. The largest absolute Gasteiger partial charge is 0.381 e. The lowest BCUT2D eigenvalue weighted by Crippen LogP contribution is -2.09. The minimum absolute atomic E-state index is 0.167. The number of aromatic nitrogens is 5. The predicted molar refractivity (Wildman–Crippen MR) is 157 cm³/mol.